The average molecular weight is 423 g/mol. The molecule has 1 fully saturated rings. The molecule has 5 nitrogen and oxygen atoms in total. The Balaban J connectivity index is 1.56. The van der Waals surface area contributed by atoms with Crippen molar-refractivity contribution in [2.24, 2.45) is 11.8 Å². The summed E-state index contributed by atoms with van der Waals surface area (Å²) in [5.74, 6) is -1.50. The molecule has 0 aromatic heterocycles. The van der Waals surface area contributed by atoms with E-state index in [0.717, 1.165) is 28.5 Å². The van der Waals surface area contributed by atoms with Crippen molar-refractivity contribution in [3.8, 4) is 5.75 Å². The van der Waals surface area contributed by atoms with Crippen molar-refractivity contribution in [2.45, 2.75) is 18.3 Å². The molecule has 4 aliphatic rings. The Morgan fingerprint density at radius 2 is 1.47 bits per heavy atom. The predicted molar refractivity (Wildman–Crippen MR) is 119 cm³/mol. The van der Waals surface area contributed by atoms with Crippen molar-refractivity contribution in [3.05, 3.63) is 95.1 Å². The quantitative estimate of drug-likeness (QED) is 0.473. The van der Waals surface area contributed by atoms with Crippen LogP contribution in [0, 0.1) is 11.8 Å². The number of ether oxygens (including phenoxy) is 1. The minimum atomic E-state index is -1.17. The van der Waals surface area contributed by atoms with Crippen molar-refractivity contribution >= 4 is 23.8 Å². The third-order valence-electron chi connectivity index (χ3n) is 7.28. The Bertz CT molecular complexity index is 1230. The summed E-state index contributed by atoms with van der Waals surface area (Å²) in [4.78, 5) is 41.8. The number of aldehydes is 1. The molecule has 3 aromatic carbocycles. The summed E-state index contributed by atoms with van der Waals surface area (Å²) in [5, 5.41) is 0. The monoisotopic (exact) mass is 423 g/mol. The van der Waals surface area contributed by atoms with Crippen LogP contribution in [0.15, 0.2) is 72.8 Å². The number of rotatable bonds is 4. The third-order valence-corrected chi connectivity index (χ3v) is 7.28. The van der Waals surface area contributed by atoms with Gasteiger partial charge in [-0.15, -0.1) is 0 Å². The first-order valence-corrected chi connectivity index (χ1v) is 10.9. The molecule has 0 N–H and O–H groups in total. The molecule has 2 amide bonds. The topological polar surface area (TPSA) is 63.7 Å². The molecule has 2 atom stereocenters. The number of carbonyl (C=O) groups excluding carboxylic acids is 3. The fourth-order valence-corrected chi connectivity index (χ4v) is 6.14. The fourth-order valence-electron chi connectivity index (χ4n) is 6.14. The molecule has 1 heterocycles. The van der Waals surface area contributed by atoms with E-state index in [-0.39, 0.29) is 17.7 Å². The van der Waals surface area contributed by atoms with E-state index in [4.69, 9.17) is 4.74 Å². The van der Waals surface area contributed by atoms with Crippen molar-refractivity contribution < 1.29 is 19.1 Å². The van der Waals surface area contributed by atoms with Gasteiger partial charge in [0.2, 0.25) is 11.8 Å². The fraction of sp³-hybridized carbons (Fsp3) is 0.222. The van der Waals surface area contributed by atoms with Gasteiger partial charge in [0.25, 0.3) is 0 Å². The minimum Gasteiger partial charge on any atom is -0.494 e. The van der Waals surface area contributed by atoms with Gasteiger partial charge < -0.3 is 9.53 Å². The molecule has 0 unspecified atom stereocenters. The summed E-state index contributed by atoms with van der Waals surface area (Å²) in [5.41, 5.74) is 2.96. The van der Waals surface area contributed by atoms with Gasteiger partial charge in [-0.1, -0.05) is 48.5 Å². The number of imide groups is 1. The van der Waals surface area contributed by atoms with Crippen LogP contribution in [-0.4, -0.2) is 24.7 Å². The van der Waals surface area contributed by atoms with Gasteiger partial charge in [-0.3, -0.25) is 9.59 Å². The zero-order valence-electron chi connectivity index (χ0n) is 17.5. The highest BCUT2D eigenvalue weighted by atomic mass is 16.5. The molecule has 0 saturated carbocycles. The molecule has 32 heavy (non-hydrogen) atoms. The van der Waals surface area contributed by atoms with Crippen LogP contribution in [0.5, 0.6) is 5.75 Å². The second kappa shape index (κ2) is 6.63. The molecule has 7 rings (SSSR count). The van der Waals surface area contributed by atoms with E-state index in [1.165, 1.54) is 4.90 Å². The van der Waals surface area contributed by atoms with E-state index in [9.17, 15) is 14.4 Å². The number of benzene rings is 3. The predicted octanol–water partition coefficient (Wildman–Crippen LogP) is 3.84. The van der Waals surface area contributed by atoms with Crippen molar-refractivity contribution in [3.63, 3.8) is 0 Å². The van der Waals surface area contributed by atoms with Crippen LogP contribution in [-0.2, 0) is 19.8 Å². The highest BCUT2D eigenvalue weighted by molar-refractivity contribution is 6.24. The zero-order valence-corrected chi connectivity index (χ0v) is 17.5. The van der Waals surface area contributed by atoms with E-state index in [0.29, 0.717) is 18.0 Å². The van der Waals surface area contributed by atoms with Crippen LogP contribution in [0.2, 0.25) is 0 Å². The normalized spacial score (nSPS) is 27.0. The number of amides is 2. The molecule has 3 aliphatic carbocycles. The largest absolute Gasteiger partial charge is 0.494 e. The lowest BCUT2D eigenvalue weighted by molar-refractivity contribution is -0.128. The number of hydrogen-bond donors (Lipinski definition) is 0. The van der Waals surface area contributed by atoms with Crippen LogP contribution >= 0.6 is 0 Å². The van der Waals surface area contributed by atoms with E-state index in [1.54, 1.807) is 24.3 Å². The van der Waals surface area contributed by atoms with Gasteiger partial charge >= 0.3 is 0 Å². The van der Waals surface area contributed by atoms with Crippen LogP contribution in [0.4, 0.5) is 5.69 Å². The van der Waals surface area contributed by atoms with Gasteiger partial charge in [0.15, 0.2) is 0 Å². The highest BCUT2D eigenvalue weighted by Gasteiger charge is 2.68. The number of nitrogens with zero attached hydrogens (tertiary/aromatic N) is 1. The lowest BCUT2D eigenvalue weighted by Crippen LogP contribution is -2.54. The number of anilines is 1. The van der Waals surface area contributed by atoms with Gasteiger partial charge in [0, 0.05) is 5.92 Å². The van der Waals surface area contributed by atoms with Gasteiger partial charge in [-0.05, 0) is 53.4 Å². The van der Waals surface area contributed by atoms with E-state index < -0.39 is 17.3 Å². The summed E-state index contributed by atoms with van der Waals surface area (Å²) in [6, 6.07) is 22.5. The Hall–Kier alpha value is -3.73. The van der Waals surface area contributed by atoms with E-state index in [2.05, 4.69) is 0 Å². The first-order valence-electron chi connectivity index (χ1n) is 10.9. The molecular formula is C27H21NO4. The Kier molecular flexibility index (Phi) is 3.94. The van der Waals surface area contributed by atoms with Gasteiger partial charge in [0.1, 0.15) is 12.0 Å². The van der Waals surface area contributed by atoms with E-state index >= 15 is 0 Å². The summed E-state index contributed by atoms with van der Waals surface area (Å²) in [6.07, 6.45) is 0.893. The summed E-state index contributed by atoms with van der Waals surface area (Å²) in [6.45, 7) is 2.43. The van der Waals surface area contributed by atoms with Gasteiger partial charge in [-0.2, -0.15) is 0 Å². The van der Waals surface area contributed by atoms with Crippen LogP contribution in [0.25, 0.3) is 0 Å². The number of carbonyl (C=O) groups is 3. The minimum absolute atomic E-state index is 0.246. The highest BCUT2D eigenvalue weighted by Crippen LogP contribution is 2.63. The molecule has 5 heteroatoms. The number of hydrogen-bond acceptors (Lipinski definition) is 4. The molecule has 158 valence electrons. The molecule has 0 radical (unpaired) electrons. The first-order chi connectivity index (χ1) is 15.6. The molecule has 1 aliphatic heterocycles. The summed E-state index contributed by atoms with van der Waals surface area (Å²) < 4.78 is 5.50. The Morgan fingerprint density at radius 1 is 0.875 bits per heavy atom. The lowest BCUT2D eigenvalue weighted by atomic mass is 9.48. The first kappa shape index (κ1) is 19.0. The smallest absolute Gasteiger partial charge is 0.239 e. The van der Waals surface area contributed by atoms with Crippen LogP contribution in [0.3, 0.4) is 0 Å². The maximum absolute atomic E-state index is 13.8. The maximum Gasteiger partial charge on any atom is 0.239 e. The zero-order chi connectivity index (χ0) is 22.0. The Morgan fingerprint density at radius 3 is 2.03 bits per heavy atom. The molecular weight excluding hydrogens is 402 g/mol. The van der Waals surface area contributed by atoms with Gasteiger partial charge in [-0.25, -0.2) is 4.90 Å². The second-order valence-corrected chi connectivity index (χ2v) is 8.58. The summed E-state index contributed by atoms with van der Waals surface area (Å²) >= 11 is 0. The molecule has 1 saturated heterocycles. The summed E-state index contributed by atoms with van der Waals surface area (Å²) in [7, 11) is 0. The van der Waals surface area contributed by atoms with Crippen molar-refractivity contribution in [2.75, 3.05) is 11.5 Å². The second-order valence-electron chi connectivity index (χ2n) is 8.58. The van der Waals surface area contributed by atoms with Crippen molar-refractivity contribution in [1.82, 2.24) is 0 Å². The van der Waals surface area contributed by atoms with Crippen molar-refractivity contribution in [1.29, 1.82) is 0 Å². The maximum atomic E-state index is 13.8. The molecule has 3 aromatic rings. The van der Waals surface area contributed by atoms with E-state index in [1.807, 2.05) is 55.5 Å². The van der Waals surface area contributed by atoms with Crippen LogP contribution in [0.1, 0.15) is 35.1 Å². The SMILES string of the molecule is CCOc1ccc(N2C(=O)[C@@H]3C4c5ccccc5C(C=O)(c5ccccc54)[C@H]3C2=O)cc1. The lowest BCUT2D eigenvalue weighted by Gasteiger charge is -2.51. The third kappa shape index (κ3) is 2.15. The molecule has 2 bridgehead atoms. The van der Waals surface area contributed by atoms with Crippen LogP contribution < -0.4 is 9.64 Å². The Labute approximate surface area is 185 Å². The average Bonchev–Trinajstić information content (AvgIpc) is 3.11. The molecule has 0 spiro atoms. The van der Waals surface area contributed by atoms with Gasteiger partial charge in [0.05, 0.1) is 29.5 Å². The standard InChI is InChI=1S/C27H21NO4/c1-2-32-17-13-11-16(12-14-17)28-25(30)23-22-18-7-3-5-9-20(18)27(15-29,24(23)26(28)31)21-10-6-4-8-19(21)22/h3-15,22-24H,2H2,1H3/t22?,23-,24-,27?/m1/s1.